The van der Waals surface area contributed by atoms with Gasteiger partial charge in [-0.15, -0.1) is 0 Å². The van der Waals surface area contributed by atoms with Gasteiger partial charge in [-0.2, -0.15) is 0 Å². The zero-order chi connectivity index (χ0) is 22.1. The molecular weight excluding hydrogens is 442 g/mol. The van der Waals surface area contributed by atoms with Crippen LogP contribution in [-0.4, -0.2) is 23.0 Å². The number of thiazole rings is 1. The highest BCUT2D eigenvalue weighted by atomic mass is 35.5. The summed E-state index contributed by atoms with van der Waals surface area (Å²) in [4.78, 5) is 24.5. The van der Waals surface area contributed by atoms with Crippen LogP contribution in [0.25, 0.3) is 21.0 Å². The van der Waals surface area contributed by atoms with Crippen LogP contribution in [0.3, 0.4) is 0 Å². The van der Waals surface area contributed by atoms with Gasteiger partial charge in [0, 0.05) is 17.4 Å². The van der Waals surface area contributed by atoms with Gasteiger partial charge in [-0.25, -0.2) is 4.98 Å². The molecule has 0 bridgehead atoms. The molecule has 32 heavy (non-hydrogen) atoms. The van der Waals surface area contributed by atoms with Crippen molar-refractivity contribution in [2.75, 3.05) is 12.0 Å². The molecule has 3 aromatic carbocycles. The molecule has 158 valence electrons. The first-order valence-corrected chi connectivity index (χ1v) is 11.2. The predicted molar refractivity (Wildman–Crippen MR) is 130 cm³/mol. The van der Waals surface area contributed by atoms with E-state index in [0.717, 1.165) is 26.6 Å². The Balaban J connectivity index is 1.64. The van der Waals surface area contributed by atoms with Gasteiger partial charge in [0.25, 0.3) is 5.91 Å². The summed E-state index contributed by atoms with van der Waals surface area (Å²) < 4.78 is 6.51. The van der Waals surface area contributed by atoms with E-state index in [4.69, 9.17) is 21.3 Å². The number of hydrogen-bond acceptors (Lipinski definition) is 5. The van der Waals surface area contributed by atoms with Crippen molar-refractivity contribution in [1.29, 1.82) is 0 Å². The van der Waals surface area contributed by atoms with Gasteiger partial charge in [-0.1, -0.05) is 53.3 Å². The second-order valence-electron chi connectivity index (χ2n) is 7.26. The monoisotopic (exact) mass is 459 g/mol. The number of carbonyl (C=O) groups is 1. The number of pyridine rings is 1. The molecule has 0 fully saturated rings. The molecule has 0 radical (unpaired) electrons. The van der Waals surface area contributed by atoms with Crippen molar-refractivity contribution in [3.63, 3.8) is 0 Å². The lowest BCUT2D eigenvalue weighted by Gasteiger charge is -2.21. The van der Waals surface area contributed by atoms with Crippen LogP contribution in [0.4, 0.5) is 5.13 Å². The number of amides is 1. The molecule has 5 rings (SSSR count). The highest BCUT2D eigenvalue weighted by molar-refractivity contribution is 7.22. The fraction of sp³-hybridized carbons (Fsp3) is 0.0800. The highest BCUT2D eigenvalue weighted by Gasteiger charge is 2.25. The van der Waals surface area contributed by atoms with E-state index in [1.54, 1.807) is 30.5 Å². The van der Waals surface area contributed by atoms with Gasteiger partial charge < -0.3 is 4.74 Å². The molecule has 7 heteroatoms. The van der Waals surface area contributed by atoms with E-state index >= 15 is 0 Å². The molecule has 0 aliphatic carbocycles. The molecule has 5 aromatic rings. The molecule has 0 spiro atoms. The number of nitrogens with zero attached hydrogens (tertiary/aromatic N) is 3. The first kappa shape index (κ1) is 20.4. The highest BCUT2D eigenvalue weighted by Crippen LogP contribution is 2.34. The van der Waals surface area contributed by atoms with Crippen LogP contribution >= 0.6 is 22.9 Å². The maximum atomic E-state index is 13.9. The summed E-state index contributed by atoms with van der Waals surface area (Å²) in [6, 6.07) is 21.0. The number of rotatable bonds is 5. The minimum Gasteiger partial charge on any atom is -0.496 e. The van der Waals surface area contributed by atoms with Crippen molar-refractivity contribution in [2.24, 2.45) is 0 Å². The summed E-state index contributed by atoms with van der Waals surface area (Å²) in [6.45, 7) is 0.330. The molecule has 0 N–H and O–H groups in total. The van der Waals surface area contributed by atoms with Crippen molar-refractivity contribution in [3.8, 4) is 5.75 Å². The fourth-order valence-corrected chi connectivity index (χ4v) is 4.84. The van der Waals surface area contributed by atoms with Crippen LogP contribution in [0.2, 0.25) is 5.02 Å². The van der Waals surface area contributed by atoms with Gasteiger partial charge in [0.15, 0.2) is 5.13 Å². The number of ether oxygens (including phenoxy) is 1. The van der Waals surface area contributed by atoms with E-state index in [1.165, 1.54) is 11.3 Å². The standard InChI is InChI=1S/C25H18ClN3O2S/c1-31-22-12-18-7-3-2-6-17(18)11-20(22)24(30)29(15-16-5-4-10-27-14-16)25-28-21-9-8-19(26)13-23(21)32-25/h2-14H,15H2,1H3. The molecule has 2 heterocycles. The lowest BCUT2D eigenvalue weighted by atomic mass is 10.0. The molecule has 0 atom stereocenters. The Bertz CT molecular complexity index is 1440. The average molecular weight is 460 g/mol. The predicted octanol–water partition coefficient (Wildman–Crippen LogP) is 6.35. The molecule has 2 aromatic heterocycles. The topological polar surface area (TPSA) is 55.3 Å². The number of hydrogen-bond donors (Lipinski definition) is 0. The van der Waals surface area contributed by atoms with Crippen molar-refractivity contribution in [1.82, 2.24) is 9.97 Å². The van der Waals surface area contributed by atoms with Gasteiger partial charge in [-0.3, -0.25) is 14.7 Å². The molecule has 1 amide bonds. The van der Waals surface area contributed by atoms with Crippen molar-refractivity contribution >= 4 is 55.0 Å². The van der Waals surface area contributed by atoms with Gasteiger partial charge >= 0.3 is 0 Å². The van der Waals surface area contributed by atoms with E-state index in [9.17, 15) is 4.79 Å². The third-order valence-electron chi connectivity index (χ3n) is 5.18. The Labute approximate surface area is 193 Å². The first-order chi connectivity index (χ1) is 15.6. The summed E-state index contributed by atoms with van der Waals surface area (Å²) in [5.41, 5.74) is 2.18. The average Bonchev–Trinajstić information content (AvgIpc) is 3.24. The number of methoxy groups -OCH3 is 1. The normalized spacial score (nSPS) is 11.1. The largest absolute Gasteiger partial charge is 0.496 e. The Kier molecular flexibility index (Phi) is 5.47. The smallest absolute Gasteiger partial charge is 0.264 e. The molecular formula is C25H18ClN3O2S. The van der Waals surface area contributed by atoms with Gasteiger partial charge in [0.05, 0.1) is 29.4 Å². The molecule has 0 saturated carbocycles. The van der Waals surface area contributed by atoms with E-state index in [0.29, 0.717) is 28.0 Å². The number of aromatic nitrogens is 2. The fourth-order valence-electron chi connectivity index (χ4n) is 3.60. The molecule has 5 nitrogen and oxygen atoms in total. The lowest BCUT2D eigenvalue weighted by molar-refractivity contribution is 0.0982. The van der Waals surface area contributed by atoms with E-state index in [-0.39, 0.29) is 5.91 Å². The van der Waals surface area contributed by atoms with Crippen LogP contribution in [0.15, 0.2) is 79.1 Å². The van der Waals surface area contributed by atoms with Crippen LogP contribution in [0.5, 0.6) is 5.75 Å². The second kappa shape index (κ2) is 8.57. The zero-order valence-corrected chi connectivity index (χ0v) is 18.7. The summed E-state index contributed by atoms with van der Waals surface area (Å²) >= 11 is 7.59. The number of benzene rings is 3. The third kappa shape index (κ3) is 3.90. The Morgan fingerprint density at radius 1 is 1.06 bits per heavy atom. The Hall–Kier alpha value is -3.48. The van der Waals surface area contributed by atoms with Crippen molar-refractivity contribution < 1.29 is 9.53 Å². The van der Waals surface area contributed by atoms with Crippen molar-refractivity contribution in [2.45, 2.75) is 6.54 Å². The van der Waals surface area contributed by atoms with Gasteiger partial charge in [0.1, 0.15) is 5.75 Å². The van der Waals surface area contributed by atoms with Crippen LogP contribution in [0.1, 0.15) is 15.9 Å². The number of fused-ring (bicyclic) bond motifs is 2. The summed E-state index contributed by atoms with van der Waals surface area (Å²) in [5.74, 6) is 0.329. The number of carbonyl (C=O) groups excluding carboxylic acids is 1. The van der Waals surface area contributed by atoms with Gasteiger partial charge in [0.2, 0.25) is 0 Å². The van der Waals surface area contributed by atoms with Crippen LogP contribution < -0.4 is 9.64 Å². The Morgan fingerprint density at radius 2 is 1.88 bits per heavy atom. The van der Waals surface area contributed by atoms with Crippen LogP contribution in [0, 0.1) is 0 Å². The van der Waals surface area contributed by atoms with E-state index in [1.807, 2.05) is 60.7 Å². The number of anilines is 1. The summed E-state index contributed by atoms with van der Waals surface area (Å²) in [5, 5.41) is 3.20. The van der Waals surface area contributed by atoms with Crippen LogP contribution in [-0.2, 0) is 6.54 Å². The maximum absolute atomic E-state index is 13.9. The molecule has 0 aliphatic rings. The van der Waals surface area contributed by atoms with Gasteiger partial charge in [-0.05, 0) is 52.7 Å². The molecule has 0 unspecified atom stereocenters. The maximum Gasteiger partial charge on any atom is 0.264 e. The summed E-state index contributed by atoms with van der Waals surface area (Å²) in [7, 11) is 1.58. The lowest BCUT2D eigenvalue weighted by Crippen LogP contribution is -2.30. The third-order valence-corrected chi connectivity index (χ3v) is 6.45. The molecule has 0 aliphatic heterocycles. The minimum absolute atomic E-state index is 0.193. The van der Waals surface area contributed by atoms with Crippen molar-refractivity contribution in [3.05, 3.63) is 95.3 Å². The quantitative estimate of drug-likeness (QED) is 0.307. The zero-order valence-electron chi connectivity index (χ0n) is 17.2. The SMILES string of the molecule is COc1cc2ccccc2cc1C(=O)N(Cc1cccnc1)c1nc2ccc(Cl)cc2s1. The Morgan fingerprint density at radius 3 is 2.62 bits per heavy atom. The first-order valence-electron chi connectivity index (χ1n) is 9.96. The minimum atomic E-state index is -0.193. The van der Waals surface area contributed by atoms with E-state index in [2.05, 4.69) is 4.98 Å². The second-order valence-corrected chi connectivity index (χ2v) is 8.71. The summed E-state index contributed by atoms with van der Waals surface area (Å²) in [6.07, 6.45) is 3.46. The number of halogens is 1. The molecule has 0 saturated heterocycles. The van der Waals surface area contributed by atoms with E-state index < -0.39 is 0 Å².